The summed E-state index contributed by atoms with van der Waals surface area (Å²) >= 11 is 1.56. The maximum Gasteiger partial charge on any atom is 0.315 e. The quantitative estimate of drug-likeness (QED) is 0.743. The number of nitrogens with zero attached hydrogens (tertiary/aromatic N) is 1. The monoisotopic (exact) mass is 243 g/mol. The van der Waals surface area contributed by atoms with Crippen LogP contribution in [0, 0.1) is 6.92 Å². The van der Waals surface area contributed by atoms with Gasteiger partial charge in [-0.2, -0.15) is 0 Å². The van der Waals surface area contributed by atoms with E-state index in [0.29, 0.717) is 0 Å². The Bertz CT molecular complexity index is 354. The fourth-order valence-corrected chi connectivity index (χ4v) is 1.92. The molecule has 0 aromatic carbocycles. The summed E-state index contributed by atoms with van der Waals surface area (Å²) in [5, 5.41) is 15.0. The molecule has 0 fully saturated rings. The predicted octanol–water partition coefficient (Wildman–Crippen LogP) is 1.19. The predicted molar refractivity (Wildman–Crippen MR) is 63.5 cm³/mol. The summed E-state index contributed by atoms with van der Waals surface area (Å²) in [4.78, 5) is 16.8. The van der Waals surface area contributed by atoms with E-state index in [0.717, 1.165) is 9.88 Å². The number of aromatic nitrogens is 1. The Kier molecular flexibility index (Phi) is 4.70. The molecule has 2 unspecified atom stereocenters. The van der Waals surface area contributed by atoms with Gasteiger partial charge in [-0.05, 0) is 20.8 Å². The van der Waals surface area contributed by atoms with Gasteiger partial charge in [-0.1, -0.05) is 0 Å². The summed E-state index contributed by atoms with van der Waals surface area (Å²) < 4.78 is 0. The first-order valence-electron chi connectivity index (χ1n) is 5.13. The number of nitrogens with one attached hydrogen (secondary N) is 2. The molecule has 0 spiro atoms. The third-order valence-corrected chi connectivity index (χ3v) is 3.10. The normalized spacial score (nSPS) is 14.2. The van der Waals surface area contributed by atoms with Crippen LogP contribution < -0.4 is 10.6 Å². The number of aliphatic hydroxyl groups excluding tert-OH is 1. The highest BCUT2D eigenvalue weighted by Crippen LogP contribution is 2.18. The Morgan fingerprint density at radius 3 is 2.75 bits per heavy atom. The van der Waals surface area contributed by atoms with Crippen LogP contribution in [0.4, 0.5) is 4.79 Å². The van der Waals surface area contributed by atoms with Crippen molar-refractivity contribution in [3.05, 3.63) is 16.1 Å². The molecule has 0 saturated heterocycles. The molecule has 1 rings (SSSR count). The van der Waals surface area contributed by atoms with Crippen LogP contribution in [-0.4, -0.2) is 28.8 Å². The number of aryl methyl sites for hydroxylation is 1. The molecule has 5 nitrogen and oxygen atoms in total. The summed E-state index contributed by atoms with van der Waals surface area (Å²) in [6, 6.07) is -0.656. The summed E-state index contributed by atoms with van der Waals surface area (Å²) in [5.41, 5.74) is 0. The first kappa shape index (κ1) is 12.9. The number of aliphatic hydroxyl groups is 1. The van der Waals surface area contributed by atoms with Gasteiger partial charge in [-0.3, -0.25) is 0 Å². The zero-order valence-corrected chi connectivity index (χ0v) is 10.5. The van der Waals surface area contributed by atoms with Crippen LogP contribution in [0.3, 0.4) is 0 Å². The lowest BCUT2D eigenvalue weighted by Crippen LogP contribution is -2.43. The highest BCUT2D eigenvalue weighted by molar-refractivity contribution is 7.11. The van der Waals surface area contributed by atoms with Gasteiger partial charge in [0, 0.05) is 11.1 Å². The molecule has 0 saturated carbocycles. The number of hydrogen-bond donors (Lipinski definition) is 3. The minimum absolute atomic E-state index is 0.0713. The number of hydrogen-bond acceptors (Lipinski definition) is 4. The molecule has 0 aliphatic heterocycles. The summed E-state index contributed by atoms with van der Waals surface area (Å²) in [6.07, 6.45) is 1.78. The molecule has 90 valence electrons. The fourth-order valence-electron chi connectivity index (χ4n) is 1.14. The zero-order chi connectivity index (χ0) is 12.1. The maximum absolute atomic E-state index is 11.4. The number of rotatable bonds is 4. The lowest BCUT2D eigenvalue weighted by Gasteiger charge is -2.15. The molecule has 1 aromatic heterocycles. The number of carbonyl (C=O) groups excluding carboxylic acids is 1. The van der Waals surface area contributed by atoms with Crippen molar-refractivity contribution >= 4 is 17.4 Å². The van der Waals surface area contributed by atoms with Crippen LogP contribution in [0.5, 0.6) is 0 Å². The highest BCUT2D eigenvalue weighted by atomic mass is 32.1. The molecule has 2 atom stereocenters. The van der Waals surface area contributed by atoms with Crippen molar-refractivity contribution in [2.45, 2.75) is 32.9 Å². The molecule has 0 aliphatic rings. The molecule has 1 heterocycles. The van der Waals surface area contributed by atoms with Crippen LogP contribution in [0.25, 0.3) is 0 Å². The Hall–Kier alpha value is -1.14. The van der Waals surface area contributed by atoms with Crippen molar-refractivity contribution in [3.8, 4) is 0 Å². The molecular weight excluding hydrogens is 226 g/mol. The van der Waals surface area contributed by atoms with Gasteiger partial charge in [0.25, 0.3) is 0 Å². The molecule has 6 heteroatoms. The van der Waals surface area contributed by atoms with Gasteiger partial charge < -0.3 is 15.7 Å². The van der Waals surface area contributed by atoms with Gasteiger partial charge in [-0.25, -0.2) is 9.78 Å². The standard InChI is InChI=1S/C10H17N3O2S/c1-6(5-14)12-10(15)13-8(3)9-11-4-7(2)16-9/h4,6,8,14H,5H2,1-3H3,(H2,12,13,15). The lowest BCUT2D eigenvalue weighted by atomic mass is 10.3. The fraction of sp³-hybridized carbons (Fsp3) is 0.600. The van der Waals surface area contributed by atoms with Gasteiger partial charge in [0.05, 0.1) is 18.7 Å². The van der Waals surface area contributed by atoms with E-state index in [-0.39, 0.29) is 24.7 Å². The third kappa shape index (κ3) is 3.79. The van der Waals surface area contributed by atoms with Crippen molar-refractivity contribution in [1.29, 1.82) is 0 Å². The van der Waals surface area contributed by atoms with Crippen molar-refractivity contribution in [2.24, 2.45) is 0 Å². The van der Waals surface area contributed by atoms with E-state index < -0.39 is 0 Å². The third-order valence-electron chi connectivity index (χ3n) is 2.01. The van der Waals surface area contributed by atoms with Gasteiger partial charge in [-0.15, -0.1) is 11.3 Å². The summed E-state index contributed by atoms with van der Waals surface area (Å²) in [7, 11) is 0. The first-order valence-corrected chi connectivity index (χ1v) is 5.94. The molecule has 2 amide bonds. The van der Waals surface area contributed by atoms with Crippen molar-refractivity contribution in [1.82, 2.24) is 15.6 Å². The second kappa shape index (κ2) is 5.81. The molecule has 0 radical (unpaired) electrons. The van der Waals surface area contributed by atoms with Crippen molar-refractivity contribution < 1.29 is 9.90 Å². The Balaban J connectivity index is 2.45. The van der Waals surface area contributed by atoms with E-state index in [1.54, 1.807) is 24.5 Å². The number of amides is 2. The molecular formula is C10H17N3O2S. The van der Waals surface area contributed by atoms with Crippen molar-refractivity contribution in [3.63, 3.8) is 0 Å². The van der Waals surface area contributed by atoms with Gasteiger partial charge in [0.1, 0.15) is 5.01 Å². The van der Waals surface area contributed by atoms with E-state index in [9.17, 15) is 4.79 Å². The van der Waals surface area contributed by atoms with Crippen LogP contribution in [0.1, 0.15) is 29.8 Å². The highest BCUT2D eigenvalue weighted by Gasteiger charge is 2.13. The average Bonchev–Trinajstić information content (AvgIpc) is 2.64. The molecule has 16 heavy (non-hydrogen) atoms. The summed E-state index contributed by atoms with van der Waals surface area (Å²) in [5.74, 6) is 0. The smallest absolute Gasteiger partial charge is 0.315 e. The van der Waals surface area contributed by atoms with Crippen molar-refractivity contribution in [2.75, 3.05) is 6.61 Å². The first-order chi connectivity index (χ1) is 7.52. The van der Waals surface area contributed by atoms with Gasteiger partial charge >= 0.3 is 6.03 Å². The topological polar surface area (TPSA) is 74.2 Å². The Morgan fingerprint density at radius 2 is 2.25 bits per heavy atom. The summed E-state index contributed by atoms with van der Waals surface area (Å²) in [6.45, 7) is 5.51. The minimum atomic E-state index is -0.290. The Morgan fingerprint density at radius 1 is 1.56 bits per heavy atom. The zero-order valence-electron chi connectivity index (χ0n) is 9.65. The number of urea groups is 1. The number of thiazole rings is 1. The van der Waals surface area contributed by atoms with Gasteiger partial charge in [0.15, 0.2) is 0 Å². The second-order valence-electron chi connectivity index (χ2n) is 3.73. The van der Waals surface area contributed by atoms with Crippen LogP contribution >= 0.6 is 11.3 Å². The molecule has 3 N–H and O–H groups in total. The SMILES string of the molecule is Cc1cnc(C(C)NC(=O)NC(C)CO)s1. The van der Waals surface area contributed by atoms with Crippen LogP contribution in [-0.2, 0) is 0 Å². The second-order valence-corrected chi connectivity index (χ2v) is 5.00. The lowest BCUT2D eigenvalue weighted by molar-refractivity contribution is 0.218. The van der Waals surface area contributed by atoms with Gasteiger partial charge in [0.2, 0.25) is 0 Å². The minimum Gasteiger partial charge on any atom is -0.394 e. The van der Waals surface area contributed by atoms with E-state index >= 15 is 0 Å². The van der Waals surface area contributed by atoms with Crippen LogP contribution in [0.15, 0.2) is 6.20 Å². The number of carbonyl (C=O) groups is 1. The van der Waals surface area contributed by atoms with E-state index in [1.807, 2.05) is 13.8 Å². The maximum atomic E-state index is 11.4. The average molecular weight is 243 g/mol. The largest absolute Gasteiger partial charge is 0.394 e. The van der Waals surface area contributed by atoms with E-state index in [4.69, 9.17) is 5.11 Å². The van der Waals surface area contributed by atoms with E-state index in [1.165, 1.54) is 0 Å². The molecule has 0 bridgehead atoms. The molecule has 1 aromatic rings. The van der Waals surface area contributed by atoms with Crippen LogP contribution in [0.2, 0.25) is 0 Å². The molecule has 0 aliphatic carbocycles. The van der Waals surface area contributed by atoms with E-state index in [2.05, 4.69) is 15.6 Å². The Labute approximate surface area is 98.9 Å².